The minimum atomic E-state index is -0.620. The Bertz CT molecular complexity index is 1370. The number of rotatable bonds is 3. The zero-order valence-electron chi connectivity index (χ0n) is 17.8. The Morgan fingerprint density at radius 3 is 2.47 bits per heavy atom. The van der Waals surface area contributed by atoms with Gasteiger partial charge in [0.25, 0.3) is 11.4 Å². The Labute approximate surface area is 188 Å². The summed E-state index contributed by atoms with van der Waals surface area (Å²) >= 11 is 6.06. The van der Waals surface area contributed by atoms with Crippen LogP contribution in [0.2, 0.25) is 5.02 Å². The SMILES string of the molecule is CC1(C)OB(c2cnc(-c3noc(-c4cc5cc(Cl)ccc5[nH]c4=O)n3)cn2)OC1(C)C. The average Bonchev–Trinajstić information content (AvgIpc) is 3.30. The van der Waals surface area contributed by atoms with Crippen molar-refractivity contribution in [3.8, 4) is 23.0 Å². The van der Waals surface area contributed by atoms with Crippen LogP contribution < -0.4 is 11.2 Å². The van der Waals surface area contributed by atoms with Crippen LogP contribution in [-0.4, -0.2) is 43.4 Å². The predicted octanol–water partition coefficient (Wildman–Crippen LogP) is 2.99. The fraction of sp³-hybridized carbons (Fsp3) is 0.286. The molecule has 0 radical (unpaired) electrons. The summed E-state index contributed by atoms with van der Waals surface area (Å²) in [5.41, 5.74) is 0.527. The van der Waals surface area contributed by atoms with Crippen LogP contribution in [0, 0.1) is 0 Å². The van der Waals surface area contributed by atoms with Gasteiger partial charge in [-0.05, 0) is 52.0 Å². The lowest BCUT2D eigenvalue weighted by Gasteiger charge is -2.32. The van der Waals surface area contributed by atoms with Crippen molar-refractivity contribution in [3.05, 3.63) is 52.0 Å². The van der Waals surface area contributed by atoms with Crippen LogP contribution in [0.5, 0.6) is 0 Å². The van der Waals surface area contributed by atoms with Crippen LogP contribution in [0.1, 0.15) is 27.7 Å². The summed E-state index contributed by atoms with van der Waals surface area (Å²) < 4.78 is 17.3. The molecule has 0 spiro atoms. The molecule has 0 unspecified atom stereocenters. The lowest BCUT2D eigenvalue weighted by Crippen LogP contribution is -2.41. The van der Waals surface area contributed by atoms with Crippen molar-refractivity contribution in [2.75, 3.05) is 0 Å². The molecule has 0 saturated carbocycles. The van der Waals surface area contributed by atoms with E-state index >= 15 is 0 Å². The fourth-order valence-corrected chi connectivity index (χ4v) is 3.49. The van der Waals surface area contributed by atoms with Gasteiger partial charge in [-0.2, -0.15) is 4.98 Å². The van der Waals surface area contributed by atoms with Crippen LogP contribution >= 0.6 is 11.6 Å². The largest absolute Gasteiger partial charge is 0.516 e. The van der Waals surface area contributed by atoms with Crippen LogP contribution in [0.15, 0.2) is 46.0 Å². The second kappa shape index (κ2) is 7.23. The van der Waals surface area contributed by atoms with Gasteiger partial charge >= 0.3 is 7.12 Å². The lowest BCUT2D eigenvalue weighted by atomic mass is 9.85. The summed E-state index contributed by atoms with van der Waals surface area (Å²) in [5, 5.41) is 5.25. The highest BCUT2D eigenvalue weighted by Gasteiger charge is 2.52. The quantitative estimate of drug-likeness (QED) is 0.473. The Morgan fingerprint density at radius 2 is 1.78 bits per heavy atom. The molecule has 1 N–H and O–H groups in total. The normalized spacial score (nSPS) is 17.2. The van der Waals surface area contributed by atoms with E-state index in [-0.39, 0.29) is 22.8 Å². The second-order valence-corrected chi connectivity index (χ2v) is 9.02. The van der Waals surface area contributed by atoms with Crippen molar-refractivity contribution in [1.29, 1.82) is 0 Å². The van der Waals surface area contributed by atoms with Crippen molar-refractivity contribution in [2.24, 2.45) is 0 Å². The highest BCUT2D eigenvalue weighted by molar-refractivity contribution is 6.61. The third-order valence-corrected chi connectivity index (χ3v) is 6.09. The molecule has 0 amide bonds. The van der Waals surface area contributed by atoms with Crippen LogP contribution in [0.3, 0.4) is 0 Å². The van der Waals surface area contributed by atoms with Gasteiger partial charge in [-0.3, -0.25) is 9.78 Å². The molecule has 0 bridgehead atoms. The van der Waals surface area contributed by atoms with E-state index in [9.17, 15) is 4.79 Å². The number of fused-ring (bicyclic) bond motifs is 1. The van der Waals surface area contributed by atoms with Gasteiger partial charge in [-0.15, -0.1) is 0 Å². The molecule has 1 aliphatic heterocycles. The fourth-order valence-electron chi connectivity index (χ4n) is 3.31. The van der Waals surface area contributed by atoms with Crippen molar-refractivity contribution in [1.82, 2.24) is 25.1 Å². The summed E-state index contributed by atoms with van der Waals surface area (Å²) in [4.78, 5) is 28.4. The number of H-pyrrole nitrogens is 1. The molecule has 1 saturated heterocycles. The summed E-state index contributed by atoms with van der Waals surface area (Å²) in [6, 6.07) is 6.84. The standard InChI is InChI=1S/C21H19BClN5O4/c1-20(2)21(3,4)32-22(31-20)16-10-24-15(9-25-16)17-27-19(30-28-17)13-8-11-7-12(23)5-6-14(11)26-18(13)29/h5-10H,1-4H3,(H,26,29). The second-order valence-electron chi connectivity index (χ2n) is 8.58. The first-order chi connectivity index (χ1) is 15.1. The molecule has 11 heteroatoms. The zero-order chi connectivity index (χ0) is 22.7. The summed E-state index contributed by atoms with van der Waals surface area (Å²) in [6.45, 7) is 7.88. The van der Waals surface area contributed by atoms with E-state index in [4.69, 9.17) is 25.4 Å². The molecule has 0 aliphatic carbocycles. The summed E-state index contributed by atoms with van der Waals surface area (Å²) in [5.74, 6) is 0.276. The van der Waals surface area contributed by atoms with E-state index in [1.54, 1.807) is 30.5 Å². The number of halogens is 1. The van der Waals surface area contributed by atoms with Gasteiger partial charge in [0.15, 0.2) is 0 Å². The summed E-state index contributed by atoms with van der Waals surface area (Å²) in [6.07, 6.45) is 3.07. The van der Waals surface area contributed by atoms with E-state index < -0.39 is 18.3 Å². The third-order valence-electron chi connectivity index (χ3n) is 5.86. The molecule has 1 fully saturated rings. The van der Waals surface area contributed by atoms with E-state index in [1.807, 2.05) is 27.7 Å². The maximum Gasteiger partial charge on any atom is 0.516 e. The number of hydrogen-bond donors (Lipinski definition) is 1. The van der Waals surface area contributed by atoms with Gasteiger partial charge in [0.2, 0.25) is 5.82 Å². The smallest absolute Gasteiger partial charge is 0.398 e. The van der Waals surface area contributed by atoms with E-state index in [1.165, 1.54) is 6.20 Å². The molecule has 4 aromatic rings. The Morgan fingerprint density at radius 1 is 1.03 bits per heavy atom. The first kappa shape index (κ1) is 20.8. The molecule has 3 aromatic heterocycles. The van der Waals surface area contributed by atoms with E-state index in [0.29, 0.717) is 21.8 Å². The molecule has 9 nitrogen and oxygen atoms in total. The number of nitrogens with zero attached hydrogens (tertiary/aromatic N) is 4. The van der Waals surface area contributed by atoms with Crippen molar-refractivity contribution in [2.45, 2.75) is 38.9 Å². The van der Waals surface area contributed by atoms with Crippen LogP contribution in [0.25, 0.3) is 33.9 Å². The number of aromatic nitrogens is 5. The number of hydrogen-bond acceptors (Lipinski definition) is 8. The molecule has 1 aromatic carbocycles. The number of benzene rings is 1. The van der Waals surface area contributed by atoms with Gasteiger partial charge in [-0.1, -0.05) is 16.8 Å². The Balaban J connectivity index is 1.43. The summed E-state index contributed by atoms with van der Waals surface area (Å²) in [7, 11) is -0.620. The highest BCUT2D eigenvalue weighted by atomic mass is 35.5. The number of nitrogens with one attached hydrogen (secondary N) is 1. The Kier molecular flexibility index (Phi) is 4.70. The minimum absolute atomic E-state index is 0.0694. The van der Waals surface area contributed by atoms with Crippen LogP contribution in [-0.2, 0) is 9.31 Å². The number of pyridine rings is 1. The first-order valence-electron chi connectivity index (χ1n) is 9.98. The molecule has 162 valence electrons. The molecule has 32 heavy (non-hydrogen) atoms. The maximum absolute atomic E-state index is 12.5. The Hall–Kier alpha value is -3.08. The molecule has 0 atom stereocenters. The van der Waals surface area contributed by atoms with E-state index in [2.05, 4.69) is 25.1 Å². The van der Waals surface area contributed by atoms with Crippen molar-refractivity contribution >= 4 is 35.2 Å². The van der Waals surface area contributed by atoms with Gasteiger partial charge in [-0.25, -0.2) is 4.98 Å². The topological polar surface area (TPSA) is 116 Å². The molecule has 1 aliphatic rings. The van der Waals surface area contributed by atoms with Gasteiger partial charge < -0.3 is 18.8 Å². The monoisotopic (exact) mass is 451 g/mol. The van der Waals surface area contributed by atoms with Gasteiger partial charge in [0.05, 0.1) is 23.0 Å². The lowest BCUT2D eigenvalue weighted by molar-refractivity contribution is 0.00578. The number of aromatic amines is 1. The maximum atomic E-state index is 12.5. The third kappa shape index (κ3) is 3.50. The van der Waals surface area contributed by atoms with Crippen LogP contribution in [0.4, 0.5) is 0 Å². The molecular formula is C21H19BClN5O4. The van der Waals surface area contributed by atoms with Gasteiger partial charge in [0.1, 0.15) is 11.3 Å². The average molecular weight is 452 g/mol. The minimum Gasteiger partial charge on any atom is -0.398 e. The van der Waals surface area contributed by atoms with Crippen molar-refractivity contribution in [3.63, 3.8) is 0 Å². The van der Waals surface area contributed by atoms with Crippen molar-refractivity contribution < 1.29 is 13.8 Å². The zero-order valence-corrected chi connectivity index (χ0v) is 18.6. The molecule has 5 rings (SSSR count). The molecule has 4 heterocycles. The van der Waals surface area contributed by atoms with E-state index in [0.717, 1.165) is 5.39 Å². The first-order valence-corrected chi connectivity index (χ1v) is 10.4. The van der Waals surface area contributed by atoms with Gasteiger partial charge in [0, 0.05) is 22.1 Å². The predicted molar refractivity (Wildman–Crippen MR) is 120 cm³/mol. The molecular weight excluding hydrogens is 433 g/mol. The highest BCUT2D eigenvalue weighted by Crippen LogP contribution is 2.36.